The van der Waals surface area contributed by atoms with Crippen LogP contribution in [0.5, 0.6) is 5.75 Å². The maximum Gasteiger partial charge on any atom is 0.265 e. The summed E-state index contributed by atoms with van der Waals surface area (Å²) >= 11 is 3.39. The number of ether oxygens (including phenoxy) is 2. The number of halogens is 1. The molecule has 1 atom stereocenters. The minimum Gasteiger partial charge on any atom is -0.482 e. The summed E-state index contributed by atoms with van der Waals surface area (Å²) in [5, 5.41) is 0. The molecule has 0 bridgehead atoms. The summed E-state index contributed by atoms with van der Waals surface area (Å²) in [6.45, 7) is 1.47. The predicted molar refractivity (Wildman–Crippen MR) is 61.7 cm³/mol. The highest BCUT2D eigenvalue weighted by molar-refractivity contribution is 9.10. The first-order valence-electron chi connectivity index (χ1n) is 5.08. The van der Waals surface area contributed by atoms with Gasteiger partial charge < -0.3 is 14.4 Å². The number of benzene rings is 1. The number of epoxide rings is 1. The van der Waals surface area contributed by atoms with E-state index in [2.05, 4.69) is 15.9 Å². The summed E-state index contributed by atoms with van der Waals surface area (Å²) in [6.07, 6.45) is 0.189. The Labute approximate surface area is 101 Å². The summed E-state index contributed by atoms with van der Waals surface area (Å²) in [5.41, 5.74) is 0.820. The van der Waals surface area contributed by atoms with Crippen molar-refractivity contribution in [3.8, 4) is 5.75 Å². The van der Waals surface area contributed by atoms with E-state index >= 15 is 0 Å². The number of nitrogens with zero attached hydrogens (tertiary/aromatic N) is 1. The van der Waals surface area contributed by atoms with E-state index in [-0.39, 0.29) is 18.6 Å². The lowest BCUT2D eigenvalue weighted by molar-refractivity contribution is -0.121. The molecule has 0 aromatic heterocycles. The van der Waals surface area contributed by atoms with Crippen LogP contribution in [0.25, 0.3) is 0 Å². The van der Waals surface area contributed by atoms with Crippen molar-refractivity contribution in [2.24, 2.45) is 0 Å². The van der Waals surface area contributed by atoms with Gasteiger partial charge in [-0.1, -0.05) is 15.9 Å². The van der Waals surface area contributed by atoms with Gasteiger partial charge in [0.2, 0.25) is 0 Å². The van der Waals surface area contributed by atoms with Crippen LogP contribution in [-0.4, -0.2) is 31.8 Å². The Bertz CT molecular complexity index is 445. The highest BCUT2D eigenvalue weighted by Gasteiger charge is 2.32. The zero-order chi connectivity index (χ0) is 11.1. The number of carbonyl (C=O) groups excluding carboxylic acids is 1. The molecule has 0 saturated carbocycles. The number of hydrogen-bond acceptors (Lipinski definition) is 3. The Balaban J connectivity index is 1.96. The molecule has 2 aliphatic heterocycles. The number of carbonyl (C=O) groups is 1. The highest BCUT2D eigenvalue weighted by Crippen LogP contribution is 2.35. The molecule has 1 saturated heterocycles. The van der Waals surface area contributed by atoms with Crippen molar-refractivity contribution in [1.82, 2.24) is 0 Å². The lowest BCUT2D eigenvalue weighted by Gasteiger charge is -2.29. The Kier molecular flexibility index (Phi) is 2.37. The van der Waals surface area contributed by atoms with Crippen molar-refractivity contribution >= 4 is 27.5 Å². The van der Waals surface area contributed by atoms with Crippen LogP contribution in [0.1, 0.15) is 0 Å². The number of anilines is 1. The molecular weight excluding hydrogens is 274 g/mol. The predicted octanol–water partition coefficient (Wildman–Crippen LogP) is 1.57. The van der Waals surface area contributed by atoms with Crippen molar-refractivity contribution in [1.29, 1.82) is 0 Å². The molecule has 0 radical (unpaired) electrons. The minimum atomic E-state index is -0.0129. The topological polar surface area (TPSA) is 42.1 Å². The molecule has 2 heterocycles. The van der Waals surface area contributed by atoms with Crippen LogP contribution in [0, 0.1) is 0 Å². The number of hydrogen-bond donors (Lipinski definition) is 0. The quantitative estimate of drug-likeness (QED) is 0.774. The van der Waals surface area contributed by atoms with E-state index < -0.39 is 0 Å². The van der Waals surface area contributed by atoms with E-state index in [0.29, 0.717) is 6.54 Å². The molecule has 0 aliphatic carbocycles. The maximum atomic E-state index is 11.8. The summed E-state index contributed by atoms with van der Waals surface area (Å²) in [7, 11) is 0. The lowest BCUT2D eigenvalue weighted by Crippen LogP contribution is -2.41. The summed E-state index contributed by atoms with van der Waals surface area (Å²) < 4.78 is 11.5. The Morgan fingerprint density at radius 1 is 1.50 bits per heavy atom. The van der Waals surface area contributed by atoms with Gasteiger partial charge in [0.05, 0.1) is 24.9 Å². The average Bonchev–Trinajstić information content (AvgIpc) is 3.06. The number of fused-ring (bicyclic) bond motifs is 1. The molecule has 0 spiro atoms. The second kappa shape index (κ2) is 3.75. The first kappa shape index (κ1) is 10.1. The number of rotatable bonds is 2. The monoisotopic (exact) mass is 283 g/mol. The highest BCUT2D eigenvalue weighted by atomic mass is 79.9. The van der Waals surface area contributed by atoms with Gasteiger partial charge in [0.1, 0.15) is 5.75 Å². The van der Waals surface area contributed by atoms with Crippen LogP contribution in [0.15, 0.2) is 22.7 Å². The van der Waals surface area contributed by atoms with Gasteiger partial charge in [0.15, 0.2) is 6.61 Å². The smallest absolute Gasteiger partial charge is 0.265 e. The summed E-state index contributed by atoms with van der Waals surface area (Å²) in [5.74, 6) is 0.740. The van der Waals surface area contributed by atoms with Gasteiger partial charge in [-0.2, -0.15) is 0 Å². The van der Waals surface area contributed by atoms with Gasteiger partial charge in [-0.05, 0) is 18.2 Å². The molecule has 5 heteroatoms. The molecule has 84 valence electrons. The summed E-state index contributed by atoms with van der Waals surface area (Å²) in [6, 6.07) is 5.67. The van der Waals surface area contributed by atoms with Crippen LogP contribution < -0.4 is 9.64 Å². The van der Waals surface area contributed by atoms with Gasteiger partial charge in [-0.25, -0.2) is 0 Å². The molecular formula is C11H10BrNO3. The van der Waals surface area contributed by atoms with Crippen molar-refractivity contribution in [3.05, 3.63) is 22.7 Å². The van der Waals surface area contributed by atoms with E-state index in [1.54, 1.807) is 4.90 Å². The summed E-state index contributed by atoms with van der Waals surface area (Å²) in [4.78, 5) is 13.5. The van der Waals surface area contributed by atoms with Crippen molar-refractivity contribution in [2.75, 3.05) is 24.7 Å². The lowest BCUT2D eigenvalue weighted by atomic mass is 10.2. The Morgan fingerprint density at radius 3 is 3.06 bits per heavy atom. The third-order valence-corrected chi connectivity index (χ3v) is 3.15. The van der Waals surface area contributed by atoms with Crippen LogP contribution in [0.3, 0.4) is 0 Å². The third kappa shape index (κ3) is 1.81. The minimum absolute atomic E-state index is 0.0129. The van der Waals surface area contributed by atoms with Crippen molar-refractivity contribution < 1.29 is 14.3 Å². The van der Waals surface area contributed by atoms with Gasteiger partial charge in [-0.15, -0.1) is 0 Å². The molecule has 1 aromatic carbocycles. The molecule has 16 heavy (non-hydrogen) atoms. The first-order chi connectivity index (χ1) is 7.74. The third-order valence-electron chi connectivity index (χ3n) is 2.65. The molecule has 4 nitrogen and oxygen atoms in total. The van der Waals surface area contributed by atoms with Crippen LogP contribution in [-0.2, 0) is 9.53 Å². The van der Waals surface area contributed by atoms with Gasteiger partial charge in [0, 0.05) is 4.47 Å². The second-order valence-electron chi connectivity index (χ2n) is 3.86. The van der Waals surface area contributed by atoms with Gasteiger partial charge in [0.25, 0.3) is 5.91 Å². The van der Waals surface area contributed by atoms with Crippen LogP contribution in [0.4, 0.5) is 5.69 Å². The molecule has 1 unspecified atom stereocenters. The molecule has 0 N–H and O–H groups in total. The van der Waals surface area contributed by atoms with Gasteiger partial charge >= 0.3 is 0 Å². The van der Waals surface area contributed by atoms with Crippen LogP contribution in [0.2, 0.25) is 0 Å². The largest absolute Gasteiger partial charge is 0.482 e. The fourth-order valence-electron chi connectivity index (χ4n) is 1.75. The molecule has 1 aromatic rings. The fourth-order valence-corrected chi connectivity index (χ4v) is 2.10. The molecule has 1 amide bonds. The SMILES string of the molecule is O=C1COc2ccc(Br)cc2N1CC1CO1. The van der Waals surface area contributed by atoms with Gasteiger partial charge in [-0.3, -0.25) is 4.79 Å². The van der Waals surface area contributed by atoms with E-state index in [9.17, 15) is 4.79 Å². The Hall–Kier alpha value is -1.07. The average molecular weight is 284 g/mol. The molecule has 1 fully saturated rings. The van der Waals surface area contributed by atoms with Crippen molar-refractivity contribution in [3.63, 3.8) is 0 Å². The zero-order valence-electron chi connectivity index (χ0n) is 8.48. The van der Waals surface area contributed by atoms with Crippen molar-refractivity contribution in [2.45, 2.75) is 6.10 Å². The van der Waals surface area contributed by atoms with E-state index in [0.717, 1.165) is 22.5 Å². The van der Waals surface area contributed by atoms with E-state index in [1.807, 2.05) is 18.2 Å². The zero-order valence-corrected chi connectivity index (χ0v) is 10.1. The van der Waals surface area contributed by atoms with Crippen LogP contribution >= 0.6 is 15.9 Å². The van der Waals surface area contributed by atoms with E-state index in [1.165, 1.54) is 0 Å². The second-order valence-corrected chi connectivity index (χ2v) is 4.78. The fraction of sp³-hybridized carbons (Fsp3) is 0.364. The maximum absolute atomic E-state index is 11.8. The Morgan fingerprint density at radius 2 is 2.31 bits per heavy atom. The number of amides is 1. The normalized spacial score (nSPS) is 22.7. The molecule has 3 rings (SSSR count). The molecule has 2 aliphatic rings. The first-order valence-corrected chi connectivity index (χ1v) is 5.87. The van der Waals surface area contributed by atoms with E-state index in [4.69, 9.17) is 9.47 Å². The standard InChI is InChI=1S/C11H10BrNO3/c12-7-1-2-10-9(3-7)13(4-8-5-15-8)11(14)6-16-10/h1-3,8H,4-6H2.